The van der Waals surface area contributed by atoms with Crippen molar-refractivity contribution in [3.8, 4) is 17.2 Å². The Hall–Kier alpha value is -1.17. The van der Waals surface area contributed by atoms with Crippen LogP contribution in [0.5, 0.6) is 17.2 Å². The molecule has 0 radical (unpaired) electrons. The topological polar surface area (TPSA) is 43.0 Å². The van der Waals surface area contributed by atoms with E-state index in [-0.39, 0.29) is 0 Å². The average Bonchev–Trinajstić information content (AvgIpc) is 2.53. The molecule has 1 aromatic rings. The number of halogens is 1. The number of nitrogens with one attached hydrogen (secondary N) is 1. The Morgan fingerprint density at radius 1 is 1.10 bits per heavy atom. The summed E-state index contributed by atoms with van der Waals surface area (Å²) in [7, 11) is 4.81. The second-order valence-corrected chi connectivity index (χ2v) is 5.34. The van der Waals surface area contributed by atoms with Crippen LogP contribution in [0.2, 0.25) is 5.02 Å². The molecule has 0 aromatic heterocycles. The molecule has 118 valence electrons. The third-order valence-corrected chi connectivity index (χ3v) is 4.10. The van der Waals surface area contributed by atoms with E-state index in [0.717, 1.165) is 44.7 Å². The van der Waals surface area contributed by atoms with E-state index in [9.17, 15) is 0 Å². The Morgan fingerprint density at radius 3 is 2.33 bits per heavy atom. The van der Waals surface area contributed by atoms with E-state index in [0.29, 0.717) is 22.3 Å². The smallest absolute Gasteiger partial charge is 0.183 e. The molecule has 1 saturated heterocycles. The van der Waals surface area contributed by atoms with Crippen LogP contribution in [0.4, 0.5) is 0 Å². The molecule has 0 bridgehead atoms. The summed E-state index contributed by atoms with van der Waals surface area (Å²) < 4.78 is 16.1. The fourth-order valence-corrected chi connectivity index (χ4v) is 2.97. The van der Waals surface area contributed by atoms with Gasteiger partial charge in [-0.1, -0.05) is 11.6 Å². The van der Waals surface area contributed by atoms with Crippen molar-refractivity contribution in [1.82, 2.24) is 10.2 Å². The van der Waals surface area contributed by atoms with Crippen LogP contribution in [-0.2, 0) is 6.42 Å². The molecule has 2 rings (SSSR count). The molecular formula is C15H23ClN2O3. The SMILES string of the molecule is COc1cc(CCN2CCNCC2)c(OC)c(Cl)c1OC. The molecule has 0 amide bonds. The number of methoxy groups -OCH3 is 3. The van der Waals surface area contributed by atoms with Crippen molar-refractivity contribution in [3.63, 3.8) is 0 Å². The summed E-state index contributed by atoms with van der Waals surface area (Å²) in [4.78, 5) is 2.43. The second-order valence-electron chi connectivity index (χ2n) is 4.96. The minimum atomic E-state index is 0.467. The van der Waals surface area contributed by atoms with Gasteiger partial charge >= 0.3 is 0 Å². The number of benzene rings is 1. The quantitative estimate of drug-likeness (QED) is 0.867. The van der Waals surface area contributed by atoms with Crippen molar-refractivity contribution in [2.45, 2.75) is 6.42 Å². The van der Waals surface area contributed by atoms with Crippen molar-refractivity contribution in [1.29, 1.82) is 0 Å². The maximum absolute atomic E-state index is 6.37. The molecule has 1 aliphatic heterocycles. The van der Waals surface area contributed by atoms with E-state index in [1.165, 1.54) is 0 Å². The molecule has 1 N–H and O–H groups in total. The highest BCUT2D eigenvalue weighted by molar-refractivity contribution is 6.34. The van der Waals surface area contributed by atoms with Gasteiger partial charge in [0, 0.05) is 38.3 Å². The molecule has 1 aromatic carbocycles. The van der Waals surface area contributed by atoms with Gasteiger partial charge in [0.2, 0.25) is 0 Å². The van der Waals surface area contributed by atoms with E-state index < -0.39 is 0 Å². The first-order chi connectivity index (χ1) is 10.2. The van der Waals surface area contributed by atoms with Crippen molar-refractivity contribution in [2.24, 2.45) is 0 Å². The zero-order chi connectivity index (χ0) is 15.2. The van der Waals surface area contributed by atoms with Crippen molar-refractivity contribution in [3.05, 3.63) is 16.7 Å². The van der Waals surface area contributed by atoms with Crippen LogP contribution in [0, 0.1) is 0 Å². The Balaban J connectivity index is 2.18. The number of nitrogens with zero attached hydrogens (tertiary/aromatic N) is 1. The summed E-state index contributed by atoms with van der Waals surface area (Å²) in [5.41, 5.74) is 1.04. The predicted octanol–water partition coefficient (Wildman–Crippen LogP) is 1.81. The minimum absolute atomic E-state index is 0.467. The average molecular weight is 315 g/mol. The van der Waals surface area contributed by atoms with Gasteiger partial charge in [-0.25, -0.2) is 0 Å². The highest BCUT2D eigenvalue weighted by atomic mass is 35.5. The maximum atomic E-state index is 6.37. The third kappa shape index (κ3) is 3.73. The Bertz CT molecular complexity index is 476. The first-order valence-corrected chi connectivity index (χ1v) is 7.49. The summed E-state index contributed by atoms with van der Waals surface area (Å²) in [5.74, 6) is 1.82. The zero-order valence-electron chi connectivity index (χ0n) is 12.9. The van der Waals surface area contributed by atoms with Gasteiger partial charge in [-0.3, -0.25) is 0 Å². The van der Waals surface area contributed by atoms with Crippen LogP contribution >= 0.6 is 11.6 Å². The Morgan fingerprint density at radius 2 is 1.76 bits per heavy atom. The molecule has 1 fully saturated rings. The lowest BCUT2D eigenvalue weighted by Crippen LogP contribution is -2.44. The summed E-state index contributed by atoms with van der Waals surface area (Å²) in [6.45, 7) is 5.21. The molecule has 1 heterocycles. The van der Waals surface area contributed by atoms with Gasteiger partial charge in [0.1, 0.15) is 10.8 Å². The van der Waals surface area contributed by atoms with Crippen molar-refractivity contribution >= 4 is 11.6 Å². The number of hydrogen-bond acceptors (Lipinski definition) is 5. The normalized spacial score (nSPS) is 15.8. The number of piperazine rings is 1. The lowest BCUT2D eigenvalue weighted by atomic mass is 10.1. The van der Waals surface area contributed by atoms with Crippen LogP contribution in [-0.4, -0.2) is 59.0 Å². The van der Waals surface area contributed by atoms with Crippen LogP contribution in [0.25, 0.3) is 0 Å². The van der Waals surface area contributed by atoms with Gasteiger partial charge < -0.3 is 24.4 Å². The first-order valence-electron chi connectivity index (χ1n) is 7.11. The monoisotopic (exact) mass is 314 g/mol. The van der Waals surface area contributed by atoms with Gasteiger partial charge in [-0.15, -0.1) is 0 Å². The van der Waals surface area contributed by atoms with Crippen LogP contribution in [0.15, 0.2) is 6.07 Å². The third-order valence-electron chi connectivity index (χ3n) is 3.75. The fraction of sp³-hybridized carbons (Fsp3) is 0.600. The Labute approximate surface area is 131 Å². The molecule has 0 unspecified atom stereocenters. The summed E-state index contributed by atoms with van der Waals surface area (Å²) in [5, 5.41) is 3.82. The lowest BCUT2D eigenvalue weighted by molar-refractivity contribution is 0.243. The molecule has 5 nitrogen and oxygen atoms in total. The number of hydrogen-bond donors (Lipinski definition) is 1. The maximum Gasteiger partial charge on any atom is 0.183 e. The highest BCUT2D eigenvalue weighted by Crippen LogP contribution is 2.44. The molecule has 0 aliphatic carbocycles. The van der Waals surface area contributed by atoms with Gasteiger partial charge in [0.05, 0.1) is 21.3 Å². The minimum Gasteiger partial charge on any atom is -0.495 e. The number of ether oxygens (including phenoxy) is 3. The summed E-state index contributed by atoms with van der Waals surface area (Å²) in [6.07, 6.45) is 0.864. The lowest BCUT2D eigenvalue weighted by Gasteiger charge is -2.27. The van der Waals surface area contributed by atoms with E-state index in [2.05, 4.69) is 10.2 Å². The van der Waals surface area contributed by atoms with Gasteiger partial charge in [-0.05, 0) is 12.5 Å². The summed E-state index contributed by atoms with van der Waals surface area (Å²) in [6, 6.07) is 1.95. The largest absolute Gasteiger partial charge is 0.495 e. The summed E-state index contributed by atoms with van der Waals surface area (Å²) >= 11 is 6.37. The molecule has 0 atom stereocenters. The molecule has 0 spiro atoms. The Kier molecular flexibility index (Phi) is 5.96. The van der Waals surface area contributed by atoms with Gasteiger partial charge in [0.25, 0.3) is 0 Å². The van der Waals surface area contributed by atoms with Gasteiger partial charge in [0.15, 0.2) is 11.5 Å². The van der Waals surface area contributed by atoms with E-state index in [1.807, 2.05) is 6.07 Å². The standard InChI is InChI=1S/C15H23ClN2O3/c1-19-12-10-11(4-7-18-8-5-17-6-9-18)14(20-2)13(16)15(12)21-3/h10,17H,4-9H2,1-3H3. The highest BCUT2D eigenvalue weighted by Gasteiger charge is 2.19. The molecule has 0 saturated carbocycles. The van der Waals surface area contributed by atoms with Gasteiger partial charge in [-0.2, -0.15) is 0 Å². The zero-order valence-corrected chi connectivity index (χ0v) is 13.6. The van der Waals surface area contributed by atoms with Crippen molar-refractivity contribution < 1.29 is 14.2 Å². The van der Waals surface area contributed by atoms with E-state index in [1.54, 1.807) is 21.3 Å². The molecular weight excluding hydrogens is 292 g/mol. The number of rotatable bonds is 6. The van der Waals surface area contributed by atoms with E-state index >= 15 is 0 Å². The predicted molar refractivity (Wildman–Crippen MR) is 84.1 cm³/mol. The molecule has 1 aliphatic rings. The van der Waals surface area contributed by atoms with Crippen molar-refractivity contribution in [2.75, 3.05) is 54.1 Å². The first kappa shape index (κ1) is 16.2. The molecule has 21 heavy (non-hydrogen) atoms. The van der Waals surface area contributed by atoms with Crippen LogP contribution in [0.1, 0.15) is 5.56 Å². The van der Waals surface area contributed by atoms with Crippen LogP contribution < -0.4 is 19.5 Å². The second kappa shape index (κ2) is 7.73. The van der Waals surface area contributed by atoms with E-state index in [4.69, 9.17) is 25.8 Å². The fourth-order valence-electron chi connectivity index (χ4n) is 2.60. The molecule has 6 heteroatoms. The van der Waals surface area contributed by atoms with Crippen LogP contribution in [0.3, 0.4) is 0 Å².